The second kappa shape index (κ2) is 10.7. The van der Waals surface area contributed by atoms with E-state index >= 15 is 0 Å². The zero-order chi connectivity index (χ0) is 26.1. The molecule has 1 unspecified atom stereocenters. The molecule has 4 heterocycles. The number of hydrogen-bond acceptors (Lipinski definition) is 9. The van der Waals surface area contributed by atoms with E-state index in [9.17, 15) is 8.76 Å². The first-order chi connectivity index (χ1) is 18.5. The largest absolute Gasteiger partial charge is 0.760 e. The van der Waals surface area contributed by atoms with Gasteiger partial charge >= 0.3 is 0 Å². The highest BCUT2D eigenvalue weighted by molar-refractivity contribution is 7.76. The molecule has 2 saturated heterocycles. The Morgan fingerprint density at radius 2 is 1.76 bits per heavy atom. The minimum Gasteiger partial charge on any atom is -0.760 e. The van der Waals surface area contributed by atoms with Crippen molar-refractivity contribution in [2.45, 2.75) is 18.9 Å². The normalized spacial score (nSPS) is 18.1. The molecule has 1 atom stereocenters. The number of morpholine rings is 1. The van der Waals surface area contributed by atoms with Crippen LogP contribution >= 0.6 is 0 Å². The second-order valence-electron chi connectivity index (χ2n) is 9.37. The Bertz CT molecular complexity index is 1450. The summed E-state index contributed by atoms with van der Waals surface area (Å²) < 4.78 is 35.2. The fourth-order valence-electron chi connectivity index (χ4n) is 4.92. The molecule has 0 radical (unpaired) electrons. The molecule has 2 aromatic heterocycles. The lowest BCUT2D eigenvalue weighted by molar-refractivity contribution is 0.122. The van der Waals surface area contributed by atoms with Crippen LogP contribution in [0.4, 0.5) is 11.4 Å². The number of nitrogens with two attached hydrogens (primary N) is 1. The number of fused-ring (bicyclic) bond motifs is 1. The first-order valence-corrected chi connectivity index (χ1v) is 13.6. The summed E-state index contributed by atoms with van der Waals surface area (Å²) in [5.41, 5.74) is 11.8. The molecule has 38 heavy (non-hydrogen) atoms. The number of piperidine rings is 1. The summed E-state index contributed by atoms with van der Waals surface area (Å²) >= 11 is -2.19. The van der Waals surface area contributed by atoms with Gasteiger partial charge in [0.2, 0.25) is 0 Å². The molecule has 0 bridgehead atoms. The van der Waals surface area contributed by atoms with Crippen molar-refractivity contribution >= 4 is 33.8 Å². The molecule has 2 fully saturated rings. The fourth-order valence-corrected chi connectivity index (χ4v) is 5.43. The Morgan fingerprint density at radius 1 is 1.03 bits per heavy atom. The van der Waals surface area contributed by atoms with Crippen molar-refractivity contribution in [1.82, 2.24) is 24.2 Å². The van der Waals surface area contributed by atoms with Gasteiger partial charge in [-0.2, -0.15) is 0 Å². The van der Waals surface area contributed by atoms with Gasteiger partial charge in [0.1, 0.15) is 29.5 Å². The lowest BCUT2D eigenvalue weighted by Crippen LogP contribution is -2.39. The number of nitrogens with one attached hydrogen (secondary N) is 1. The van der Waals surface area contributed by atoms with Gasteiger partial charge in [0, 0.05) is 54.3 Å². The van der Waals surface area contributed by atoms with Crippen molar-refractivity contribution in [1.29, 1.82) is 0 Å². The van der Waals surface area contributed by atoms with E-state index in [1.807, 2.05) is 18.2 Å². The summed E-state index contributed by atoms with van der Waals surface area (Å²) in [7, 11) is 0. The number of nitrogens with zero attached hydrogens (tertiary/aromatic N) is 5. The molecule has 4 aromatic rings. The van der Waals surface area contributed by atoms with Crippen LogP contribution in [-0.4, -0.2) is 78.5 Å². The number of aromatic amines is 1. The fraction of sp³-hybridized carbons (Fsp3) is 0.346. The Morgan fingerprint density at radius 3 is 2.47 bits per heavy atom. The Labute approximate surface area is 222 Å². The van der Waals surface area contributed by atoms with Gasteiger partial charge in [-0.3, -0.25) is 4.21 Å². The number of imidazole rings is 1. The van der Waals surface area contributed by atoms with E-state index in [2.05, 4.69) is 44.1 Å². The number of hydrogen-bond donors (Lipinski definition) is 2. The Kier molecular flexibility index (Phi) is 6.94. The van der Waals surface area contributed by atoms with E-state index in [4.69, 9.17) is 20.2 Å². The molecule has 0 saturated carbocycles. The summed E-state index contributed by atoms with van der Waals surface area (Å²) in [4.78, 5) is 19.3. The smallest absolute Gasteiger partial charge is 0.181 e. The van der Waals surface area contributed by atoms with Crippen molar-refractivity contribution < 1.29 is 18.2 Å². The zero-order valence-corrected chi connectivity index (χ0v) is 21.5. The topological polar surface area (TPSA) is 146 Å². The standard InChI is InChI=1S/C26H29N7O4S/c27-21-15-18(3-6-22(21)37-20-7-9-33(10-8-20)38(34)35)23-24-26(29-16-28-23)31-25(30-24)17-1-4-19(5-2-17)32-11-13-36-14-12-32/h1-6,15-16,20H,7-14,27H2,(H,34,35)(H,28,29,30,31)/p-1. The van der Waals surface area contributed by atoms with Crippen LogP contribution in [0.25, 0.3) is 33.8 Å². The van der Waals surface area contributed by atoms with Crippen molar-refractivity contribution in [3.8, 4) is 28.4 Å². The van der Waals surface area contributed by atoms with Gasteiger partial charge in [-0.1, -0.05) is 0 Å². The number of aromatic nitrogens is 4. The lowest BCUT2D eigenvalue weighted by Gasteiger charge is -2.32. The first-order valence-electron chi connectivity index (χ1n) is 12.6. The minimum absolute atomic E-state index is 0.0847. The van der Waals surface area contributed by atoms with Gasteiger partial charge in [0.15, 0.2) is 5.65 Å². The molecule has 2 aliphatic heterocycles. The van der Waals surface area contributed by atoms with E-state index in [1.54, 1.807) is 0 Å². The molecule has 0 spiro atoms. The summed E-state index contributed by atoms with van der Waals surface area (Å²) in [6.07, 6.45) is 2.65. The third-order valence-corrected chi connectivity index (χ3v) is 7.78. The molecule has 0 aliphatic carbocycles. The summed E-state index contributed by atoms with van der Waals surface area (Å²) in [6.45, 7) is 4.15. The van der Waals surface area contributed by atoms with E-state index in [0.29, 0.717) is 54.5 Å². The Balaban J connectivity index is 1.21. The van der Waals surface area contributed by atoms with Crippen LogP contribution in [0.15, 0.2) is 48.8 Å². The minimum atomic E-state index is -2.19. The van der Waals surface area contributed by atoms with E-state index in [-0.39, 0.29) is 6.10 Å². The molecule has 11 nitrogen and oxygen atoms in total. The maximum absolute atomic E-state index is 11.1. The molecule has 2 aromatic carbocycles. The predicted molar refractivity (Wildman–Crippen MR) is 144 cm³/mol. The molecule has 2 aliphatic rings. The average molecular weight is 535 g/mol. The van der Waals surface area contributed by atoms with Gasteiger partial charge in [0.05, 0.1) is 24.6 Å². The van der Waals surface area contributed by atoms with Crippen LogP contribution in [0.2, 0.25) is 0 Å². The van der Waals surface area contributed by atoms with Gasteiger partial charge < -0.3 is 29.6 Å². The maximum Gasteiger partial charge on any atom is 0.181 e. The van der Waals surface area contributed by atoms with Crippen LogP contribution in [0.1, 0.15) is 12.8 Å². The van der Waals surface area contributed by atoms with Crippen molar-refractivity contribution in [2.75, 3.05) is 50.0 Å². The number of rotatable bonds is 6. The second-order valence-corrected chi connectivity index (χ2v) is 10.3. The molecule has 12 heteroatoms. The molecule has 6 rings (SSSR count). The highest BCUT2D eigenvalue weighted by Crippen LogP contribution is 2.33. The number of benzene rings is 2. The number of ether oxygens (including phenoxy) is 2. The van der Waals surface area contributed by atoms with Crippen LogP contribution in [0.5, 0.6) is 5.75 Å². The van der Waals surface area contributed by atoms with Crippen LogP contribution in [0, 0.1) is 0 Å². The van der Waals surface area contributed by atoms with Gasteiger partial charge in [-0.15, -0.1) is 0 Å². The number of H-pyrrole nitrogens is 1. The van der Waals surface area contributed by atoms with Crippen LogP contribution in [-0.2, 0) is 16.0 Å². The zero-order valence-electron chi connectivity index (χ0n) is 20.7. The number of nitrogen functional groups attached to an aromatic ring is 1. The van der Waals surface area contributed by atoms with E-state index in [0.717, 1.165) is 48.6 Å². The highest BCUT2D eigenvalue weighted by atomic mass is 32.2. The lowest BCUT2D eigenvalue weighted by atomic mass is 10.1. The summed E-state index contributed by atoms with van der Waals surface area (Å²) in [5.74, 6) is 1.29. The van der Waals surface area contributed by atoms with E-state index < -0.39 is 11.3 Å². The van der Waals surface area contributed by atoms with Crippen molar-refractivity contribution in [3.05, 3.63) is 48.8 Å². The van der Waals surface area contributed by atoms with Crippen molar-refractivity contribution in [3.63, 3.8) is 0 Å². The third-order valence-electron chi connectivity index (χ3n) is 6.99. The van der Waals surface area contributed by atoms with Crippen LogP contribution in [0.3, 0.4) is 0 Å². The quantitative estimate of drug-likeness (QED) is 0.282. The summed E-state index contributed by atoms with van der Waals surface area (Å²) in [6, 6.07) is 13.9. The van der Waals surface area contributed by atoms with Crippen LogP contribution < -0.4 is 15.4 Å². The molecular weight excluding hydrogens is 506 g/mol. The highest BCUT2D eigenvalue weighted by Gasteiger charge is 2.22. The van der Waals surface area contributed by atoms with Gasteiger partial charge in [0.25, 0.3) is 0 Å². The predicted octanol–water partition coefficient (Wildman–Crippen LogP) is 2.74. The van der Waals surface area contributed by atoms with Gasteiger partial charge in [-0.25, -0.2) is 19.3 Å². The molecule has 0 amide bonds. The maximum atomic E-state index is 11.1. The third kappa shape index (κ3) is 5.07. The van der Waals surface area contributed by atoms with Crippen molar-refractivity contribution in [2.24, 2.45) is 0 Å². The average Bonchev–Trinajstić information content (AvgIpc) is 3.40. The number of anilines is 2. The molecule has 198 valence electrons. The molecular formula is C26H28N7O4S-. The SMILES string of the molecule is Nc1cc(-c2ncnc3nc(-c4ccc(N5CCOCC5)cc4)[nH]c23)ccc1OC1CCN(S(=O)[O-])CC1. The Hall–Kier alpha value is -3.58. The molecule has 3 N–H and O–H groups in total. The van der Waals surface area contributed by atoms with E-state index in [1.165, 1.54) is 10.6 Å². The first kappa shape index (κ1) is 24.7. The monoisotopic (exact) mass is 534 g/mol. The summed E-state index contributed by atoms with van der Waals surface area (Å²) in [5, 5.41) is 0. The van der Waals surface area contributed by atoms with Gasteiger partial charge in [-0.05, 0) is 55.3 Å².